The number of anilines is 1. The van der Waals surface area contributed by atoms with Crippen molar-refractivity contribution in [2.24, 2.45) is 0 Å². The van der Waals surface area contributed by atoms with Crippen LogP contribution in [0.4, 0.5) is 11.4 Å². The SMILES string of the molecule is COc1cccc(N2CC[NH+]([C@H](C)c3nnc(-c4ccc([N+](=O)[O-])cc4)o3)CC2)c1. The van der Waals surface area contributed by atoms with Gasteiger partial charge < -0.3 is 19.0 Å². The Kier molecular flexibility index (Phi) is 5.62. The van der Waals surface area contributed by atoms with Crippen molar-refractivity contribution in [3.05, 3.63) is 64.5 Å². The number of hydrogen-bond acceptors (Lipinski definition) is 7. The zero-order valence-electron chi connectivity index (χ0n) is 16.9. The molecule has 0 amide bonds. The first-order valence-corrected chi connectivity index (χ1v) is 9.87. The first-order valence-electron chi connectivity index (χ1n) is 9.87. The molecule has 9 nitrogen and oxygen atoms in total. The van der Waals surface area contributed by atoms with Gasteiger partial charge in [0.05, 0.1) is 38.2 Å². The number of quaternary nitrogens is 1. The van der Waals surface area contributed by atoms with Crippen LogP contribution >= 0.6 is 0 Å². The second-order valence-corrected chi connectivity index (χ2v) is 7.32. The first kappa shape index (κ1) is 19.8. The minimum Gasteiger partial charge on any atom is -0.497 e. The fourth-order valence-corrected chi connectivity index (χ4v) is 3.72. The van der Waals surface area contributed by atoms with E-state index < -0.39 is 4.92 Å². The summed E-state index contributed by atoms with van der Waals surface area (Å²) in [6.07, 6.45) is 0. The lowest BCUT2D eigenvalue weighted by atomic mass is 10.2. The summed E-state index contributed by atoms with van der Waals surface area (Å²) < 4.78 is 11.2. The number of non-ortho nitro benzene ring substituents is 1. The molecule has 0 spiro atoms. The topological polar surface area (TPSA) is 99.0 Å². The van der Waals surface area contributed by atoms with Crippen LogP contribution in [0.25, 0.3) is 11.5 Å². The predicted molar refractivity (Wildman–Crippen MR) is 111 cm³/mol. The number of benzene rings is 2. The van der Waals surface area contributed by atoms with Gasteiger partial charge in [-0.15, -0.1) is 10.2 Å². The van der Waals surface area contributed by atoms with Crippen LogP contribution in [0.5, 0.6) is 5.75 Å². The van der Waals surface area contributed by atoms with Crippen LogP contribution in [0.15, 0.2) is 52.9 Å². The van der Waals surface area contributed by atoms with E-state index in [-0.39, 0.29) is 11.7 Å². The van der Waals surface area contributed by atoms with Crippen molar-refractivity contribution in [1.82, 2.24) is 10.2 Å². The van der Waals surface area contributed by atoms with Gasteiger partial charge in [-0.05, 0) is 31.2 Å². The summed E-state index contributed by atoms with van der Waals surface area (Å²) in [6.45, 7) is 5.84. The molecule has 9 heteroatoms. The summed E-state index contributed by atoms with van der Waals surface area (Å²) in [5.41, 5.74) is 1.87. The maximum Gasteiger partial charge on any atom is 0.274 e. The number of rotatable bonds is 6. The molecule has 1 N–H and O–H groups in total. The number of nitro benzene ring substituents is 1. The number of aromatic nitrogens is 2. The lowest BCUT2D eigenvalue weighted by Gasteiger charge is -2.35. The molecule has 1 atom stereocenters. The zero-order valence-corrected chi connectivity index (χ0v) is 16.9. The van der Waals surface area contributed by atoms with Crippen molar-refractivity contribution in [1.29, 1.82) is 0 Å². The minimum atomic E-state index is -0.431. The third kappa shape index (κ3) is 4.11. The number of nitrogens with one attached hydrogen (secondary N) is 1. The van der Waals surface area contributed by atoms with Crippen LogP contribution < -0.4 is 14.5 Å². The van der Waals surface area contributed by atoms with Crippen molar-refractivity contribution in [2.45, 2.75) is 13.0 Å². The number of nitrogens with zero attached hydrogens (tertiary/aromatic N) is 4. The van der Waals surface area contributed by atoms with Gasteiger partial charge in [0.2, 0.25) is 5.89 Å². The molecule has 0 aliphatic carbocycles. The molecule has 2 heterocycles. The van der Waals surface area contributed by atoms with E-state index in [0.717, 1.165) is 31.9 Å². The highest BCUT2D eigenvalue weighted by Crippen LogP contribution is 2.23. The molecular formula is C21H24N5O4+. The van der Waals surface area contributed by atoms with Gasteiger partial charge in [-0.2, -0.15) is 0 Å². The number of ether oxygens (including phenoxy) is 1. The van der Waals surface area contributed by atoms with E-state index >= 15 is 0 Å². The molecule has 1 aromatic heterocycles. The predicted octanol–water partition coefficient (Wildman–Crippen LogP) is 2.12. The third-order valence-electron chi connectivity index (χ3n) is 5.57. The second kappa shape index (κ2) is 8.50. The average Bonchev–Trinajstić information content (AvgIpc) is 3.29. The van der Waals surface area contributed by atoms with E-state index in [1.54, 1.807) is 19.2 Å². The van der Waals surface area contributed by atoms with Gasteiger partial charge in [0.15, 0.2) is 6.04 Å². The molecular weight excluding hydrogens is 386 g/mol. The monoisotopic (exact) mass is 410 g/mol. The molecule has 1 fully saturated rings. The summed E-state index contributed by atoms with van der Waals surface area (Å²) >= 11 is 0. The Morgan fingerprint density at radius 1 is 1.17 bits per heavy atom. The normalized spacial score (nSPS) is 15.7. The number of piperazine rings is 1. The molecule has 0 saturated carbocycles. The molecule has 2 aromatic carbocycles. The van der Waals surface area contributed by atoms with Gasteiger partial charge in [0, 0.05) is 29.4 Å². The molecule has 30 heavy (non-hydrogen) atoms. The maximum absolute atomic E-state index is 10.8. The summed E-state index contributed by atoms with van der Waals surface area (Å²) in [4.78, 5) is 14.1. The molecule has 4 rings (SSSR count). The van der Waals surface area contributed by atoms with Gasteiger partial charge in [-0.1, -0.05) is 6.07 Å². The van der Waals surface area contributed by atoms with E-state index in [1.807, 2.05) is 12.1 Å². The van der Waals surface area contributed by atoms with E-state index in [2.05, 4.69) is 34.2 Å². The Hall–Kier alpha value is -3.46. The molecule has 0 radical (unpaired) electrons. The molecule has 1 aliphatic rings. The molecule has 1 saturated heterocycles. The lowest BCUT2D eigenvalue weighted by molar-refractivity contribution is -0.931. The maximum atomic E-state index is 10.8. The van der Waals surface area contributed by atoms with Crippen molar-refractivity contribution in [2.75, 3.05) is 38.2 Å². The van der Waals surface area contributed by atoms with Gasteiger partial charge in [-0.3, -0.25) is 10.1 Å². The molecule has 3 aromatic rings. The fourth-order valence-electron chi connectivity index (χ4n) is 3.72. The molecule has 0 bridgehead atoms. The minimum absolute atomic E-state index is 0.0326. The van der Waals surface area contributed by atoms with Crippen LogP contribution in [-0.4, -0.2) is 48.4 Å². The number of nitro groups is 1. The third-order valence-corrected chi connectivity index (χ3v) is 5.57. The van der Waals surface area contributed by atoms with E-state index in [1.165, 1.54) is 22.7 Å². The Balaban J connectivity index is 1.40. The van der Waals surface area contributed by atoms with E-state index in [4.69, 9.17) is 9.15 Å². The fraction of sp³-hybridized carbons (Fsp3) is 0.333. The first-order chi connectivity index (χ1) is 14.5. The van der Waals surface area contributed by atoms with Crippen LogP contribution in [0.2, 0.25) is 0 Å². The van der Waals surface area contributed by atoms with Crippen LogP contribution in [0, 0.1) is 10.1 Å². The Morgan fingerprint density at radius 3 is 2.57 bits per heavy atom. The smallest absolute Gasteiger partial charge is 0.274 e. The van der Waals surface area contributed by atoms with Crippen molar-refractivity contribution in [3.8, 4) is 17.2 Å². The molecule has 0 unspecified atom stereocenters. The summed E-state index contributed by atoms with van der Waals surface area (Å²) in [5.74, 6) is 1.81. The van der Waals surface area contributed by atoms with Gasteiger partial charge in [-0.25, -0.2) is 0 Å². The number of methoxy groups -OCH3 is 1. The van der Waals surface area contributed by atoms with Crippen molar-refractivity contribution >= 4 is 11.4 Å². The highest BCUT2D eigenvalue weighted by Gasteiger charge is 2.29. The van der Waals surface area contributed by atoms with Crippen molar-refractivity contribution in [3.63, 3.8) is 0 Å². The lowest BCUT2D eigenvalue weighted by Crippen LogP contribution is -3.14. The molecule has 156 valence electrons. The summed E-state index contributed by atoms with van der Waals surface area (Å²) in [5, 5.41) is 19.2. The summed E-state index contributed by atoms with van der Waals surface area (Å²) in [7, 11) is 1.68. The summed E-state index contributed by atoms with van der Waals surface area (Å²) in [6, 6.07) is 14.3. The molecule has 1 aliphatic heterocycles. The second-order valence-electron chi connectivity index (χ2n) is 7.32. The van der Waals surface area contributed by atoms with Gasteiger partial charge in [0.1, 0.15) is 5.75 Å². The highest BCUT2D eigenvalue weighted by molar-refractivity contribution is 5.55. The number of hydrogen-bond donors (Lipinski definition) is 1. The standard InChI is InChI=1S/C21H23N5O4/c1-15(20-22-23-21(30-20)16-6-8-17(9-7-16)26(27)28)24-10-12-25(13-11-24)18-4-3-5-19(14-18)29-2/h3-9,14-15H,10-13H2,1-2H3/p+1/t15-/m1/s1. The van der Waals surface area contributed by atoms with Gasteiger partial charge >= 0.3 is 0 Å². The largest absolute Gasteiger partial charge is 0.497 e. The van der Waals surface area contributed by atoms with Crippen LogP contribution in [-0.2, 0) is 0 Å². The van der Waals surface area contributed by atoms with E-state index in [9.17, 15) is 10.1 Å². The Bertz CT molecular complexity index is 1010. The van der Waals surface area contributed by atoms with Gasteiger partial charge in [0.25, 0.3) is 11.6 Å². The Morgan fingerprint density at radius 2 is 1.90 bits per heavy atom. The van der Waals surface area contributed by atoms with Crippen LogP contribution in [0.1, 0.15) is 18.9 Å². The quantitative estimate of drug-likeness (QED) is 0.491. The Labute approximate surface area is 174 Å². The zero-order chi connectivity index (χ0) is 21.1. The van der Waals surface area contributed by atoms with E-state index in [0.29, 0.717) is 17.3 Å². The highest BCUT2D eigenvalue weighted by atomic mass is 16.6. The van der Waals surface area contributed by atoms with Crippen LogP contribution in [0.3, 0.4) is 0 Å². The average molecular weight is 410 g/mol. The van der Waals surface area contributed by atoms with Crippen molar-refractivity contribution < 1.29 is 19.0 Å².